The molecule has 34 heavy (non-hydrogen) atoms. The highest BCUT2D eigenvalue weighted by atomic mass is 19.4. The molecule has 0 atom stereocenters. The summed E-state index contributed by atoms with van der Waals surface area (Å²) in [5, 5.41) is 7.62. The molecule has 1 fully saturated rings. The van der Waals surface area contributed by atoms with Gasteiger partial charge in [-0.05, 0) is 43.4 Å². The summed E-state index contributed by atoms with van der Waals surface area (Å²) >= 11 is 0. The van der Waals surface area contributed by atoms with E-state index in [1.54, 1.807) is 23.0 Å². The van der Waals surface area contributed by atoms with Crippen molar-refractivity contribution in [1.82, 2.24) is 29.3 Å². The summed E-state index contributed by atoms with van der Waals surface area (Å²) < 4.78 is 42.1. The first kappa shape index (κ1) is 22.2. The first-order chi connectivity index (χ1) is 16.3. The van der Waals surface area contributed by atoms with Crippen LogP contribution in [0.3, 0.4) is 0 Å². The molecule has 0 amide bonds. The van der Waals surface area contributed by atoms with Crippen LogP contribution in [0.15, 0.2) is 41.5 Å². The smallest absolute Gasteiger partial charge is 0.353 e. The van der Waals surface area contributed by atoms with Gasteiger partial charge in [0.1, 0.15) is 5.82 Å². The van der Waals surface area contributed by atoms with Gasteiger partial charge in [-0.15, -0.1) is 0 Å². The number of anilines is 1. The summed E-state index contributed by atoms with van der Waals surface area (Å²) in [6.07, 6.45) is 2.89. The van der Waals surface area contributed by atoms with Crippen molar-refractivity contribution in [3.63, 3.8) is 0 Å². The molecule has 1 aliphatic rings. The van der Waals surface area contributed by atoms with Crippen LogP contribution >= 0.6 is 0 Å². The van der Waals surface area contributed by atoms with Gasteiger partial charge in [0, 0.05) is 18.8 Å². The van der Waals surface area contributed by atoms with E-state index in [2.05, 4.69) is 25.4 Å². The molecule has 0 spiro atoms. The highest BCUT2D eigenvalue weighted by Gasteiger charge is 2.30. The number of imidazole rings is 1. The van der Waals surface area contributed by atoms with Crippen LogP contribution in [0, 0.1) is 0 Å². The molecular weight excluding hydrogens is 447 g/mol. The summed E-state index contributed by atoms with van der Waals surface area (Å²) in [4.78, 5) is 25.3. The number of rotatable bonds is 7. The second-order valence-corrected chi connectivity index (χ2v) is 8.57. The quantitative estimate of drug-likeness (QED) is 0.416. The van der Waals surface area contributed by atoms with Crippen molar-refractivity contribution in [1.29, 1.82) is 0 Å². The molecule has 8 nitrogen and oxygen atoms in total. The fourth-order valence-electron chi connectivity index (χ4n) is 4.00. The lowest BCUT2D eigenvalue weighted by molar-refractivity contribution is -0.137. The maximum atomic E-state index is 13.1. The Kier molecular flexibility index (Phi) is 5.62. The van der Waals surface area contributed by atoms with E-state index in [0.29, 0.717) is 46.7 Å². The first-order valence-corrected chi connectivity index (χ1v) is 11.3. The van der Waals surface area contributed by atoms with E-state index in [0.717, 1.165) is 37.8 Å². The van der Waals surface area contributed by atoms with Crippen LogP contribution in [0.25, 0.3) is 22.6 Å². The SMILES string of the molecule is CCCn1c(NC2CCC2)nc2nc(-c3cnn(Cc4cccc(C(F)(F)F)c4)c3)[nH]c2c1=O. The molecule has 1 saturated carbocycles. The van der Waals surface area contributed by atoms with Gasteiger partial charge in [-0.2, -0.15) is 23.3 Å². The molecule has 5 rings (SSSR count). The number of hydrogen-bond acceptors (Lipinski definition) is 5. The second-order valence-electron chi connectivity index (χ2n) is 8.57. The van der Waals surface area contributed by atoms with Crippen molar-refractivity contribution >= 4 is 17.1 Å². The third-order valence-corrected chi connectivity index (χ3v) is 6.00. The van der Waals surface area contributed by atoms with Crippen molar-refractivity contribution < 1.29 is 13.2 Å². The molecule has 1 aliphatic carbocycles. The number of aromatic nitrogens is 6. The third kappa shape index (κ3) is 4.29. The normalized spacial score (nSPS) is 14.5. The molecular formula is C23H24F3N7O. The minimum absolute atomic E-state index is 0.168. The van der Waals surface area contributed by atoms with Crippen LogP contribution < -0.4 is 10.9 Å². The van der Waals surface area contributed by atoms with E-state index in [1.807, 2.05) is 6.92 Å². The van der Waals surface area contributed by atoms with Crippen LogP contribution in [-0.4, -0.2) is 35.3 Å². The Morgan fingerprint density at radius 2 is 2.06 bits per heavy atom. The van der Waals surface area contributed by atoms with E-state index >= 15 is 0 Å². The van der Waals surface area contributed by atoms with Gasteiger partial charge in [0.05, 0.1) is 23.9 Å². The van der Waals surface area contributed by atoms with Crippen LogP contribution in [0.4, 0.5) is 19.1 Å². The lowest BCUT2D eigenvalue weighted by Crippen LogP contribution is -2.33. The maximum Gasteiger partial charge on any atom is 0.416 e. The topological polar surface area (TPSA) is 93.4 Å². The molecule has 11 heteroatoms. The number of nitrogens with zero attached hydrogens (tertiary/aromatic N) is 5. The molecule has 0 unspecified atom stereocenters. The number of nitrogens with one attached hydrogen (secondary N) is 2. The Morgan fingerprint density at radius 1 is 1.24 bits per heavy atom. The fourth-order valence-corrected chi connectivity index (χ4v) is 4.00. The average Bonchev–Trinajstić information content (AvgIpc) is 3.40. The number of aromatic amines is 1. The van der Waals surface area contributed by atoms with Gasteiger partial charge < -0.3 is 10.3 Å². The van der Waals surface area contributed by atoms with E-state index in [9.17, 15) is 18.0 Å². The number of hydrogen-bond donors (Lipinski definition) is 2. The number of benzene rings is 1. The molecule has 2 N–H and O–H groups in total. The van der Waals surface area contributed by atoms with Gasteiger partial charge in [-0.1, -0.05) is 19.1 Å². The minimum Gasteiger partial charge on any atom is -0.353 e. The Hall–Kier alpha value is -3.63. The van der Waals surface area contributed by atoms with Gasteiger partial charge in [0.15, 0.2) is 11.2 Å². The number of halogens is 3. The molecule has 1 aromatic carbocycles. The predicted molar refractivity (Wildman–Crippen MR) is 121 cm³/mol. The zero-order valence-corrected chi connectivity index (χ0v) is 18.6. The van der Waals surface area contributed by atoms with Crippen LogP contribution in [-0.2, 0) is 19.3 Å². The Bertz CT molecular complexity index is 1380. The van der Waals surface area contributed by atoms with E-state index in [-0.39, 0.29) is 12.1 Å². The molecule has 178 valence electrons. The third-order valence-electron chi connectivity index (χ3n) is 6.00. The molecule has 0 aliphatic heterocycles. The van der Waals surface area contributed by atoms with Crippen LogP contribution in [0.2, 0.25) is 0 Å². The number of alkyl halides is 3. The Balaban J connectivity index is 1.44. The zero-order chi connectivity index (χ0) is 23.9. The van der Waals surface area contributed by atoms with E-state index < -0.39 is 11.7 Å². The maximum absolute atomic E-state index is 13.1. The zero-order valence-electron chi connectivity index (χ0n) is 18.6. The Morgan fingerprint density at radius 3 is 2.76 bits per heavy atom. The van der Waals surface area contributed by atoms with Gasteiger partial charge >= 0.3 is 6.18 Å². The van der Waals surface area contributed by atoms with Crippen LogP contribution in [0.1, 0.15) is 43.7 Å². The lowest BCUT2D eigenvalue weighted by Gasteiger charge is -2.27. The van der Waals surface area contributed by atoms with E-state index in [1.165, 1.54) is 10.7 Å². The van der Waals surface area contributed by atoms with Gasteiger partial charge in [0.2, 0.25) is 5.95 Å². The summed E-state index contributed by atoms with van der Waals surface area (Å²) in [5.74, 6) is 0.959. The molecule has 3 heterocycles. The largest absolute Gasteiger partial charge is 0.416 e. The average molecular weight is 471 g/mol. The first-order valence-electron chi connectivity index (χ1n) is 11.3. The lowest BCUT2D eigenvalue weighted by atomic mass is 9.93. The summed E-state index contributed by atoms with van der Waals surface area (Å²) in [5.41, 5.74) is 0.831. The highest BCUT2D eigenvalue weighted by Crippen LogP contribution is 2.30. The molecule has 3 aromatic heterocycles. The van der Waals surface area contributed by atoms with Gasteiger partial charge in [-0.3, -0.25) is 14.0 Å². The summed E-state index contributed by atoms with van der Waals surface area (Å²) in [6.45, 7) is 2.71. The van der Waals surface area contributed by atoms with Crippen molar-refractivity contribution in [2.75, 3.05) is 5.32 Å². The summed E-state index contributed by atoms with van der Waals surface area (Å²) in [6, 6.07) is 5.47. The Labute approximate surface area is 192 Å². The second kappa shape index (κ2) is 8.62. The number of H-pyrrole nitrogens is 1. The predicted octanol–water partition coefficient (Wildman–Crippen LogP) is 4.42. The van der Waals surface area contributed by atoms with Crippen molar-refractivity contribution in [3.8, 4) is 11.4 Å². The van der Waals surface area contributed by atoms with Crippen molar-refractivity contribution in [2.45, 2.75) is 57.9 Å². The van der Waals surface area contributed by atoms with Crippen LogP contribution in [0.5, 0.6) is 0 Å². The van der Waals surface area contributed by atoms with Crippen molar-refractivity contribution in [2.24, 2.45) is 0 Å². The molecule has 0 saturated heterocycles. The standard InChI is InChI=1S/C23H24F3N7O/c1-2-9-33-21(34)18-20(31-22(33)28-17-7-4-8-17)30-19(29-18)15-11-27-32(13-15)12-14-5-3-6-16(10-14)23(24,25)26/h3,5-6,10-11,13,17H,2,4,7-9,12H2,1H3,(H,28,31)(H,29,30). The fraction of sp³-hybridized carbons (Fsp3) is 0.391. The highest BCUT2D eigenvalue weighted by molar-refractivity contribution is 5.76. The van der Waals surface area contributed by atoms with Crippen molar-refractivity contribution in [3.05, 3.63) is 58.1 Å². The van der Waals surface area contributed by atoms with Gasteiger partial charge in [-0.25, -0.2) is 4.98 Å². The molecule has 0 radical (unpaired) electrons. The molecule has 0 bridgehead atoms. The summed E-state index contributed by atoms with van der Waals surface area (Å²) in [7, 11) is 0. The minimum atomic E-state index is -4.40. The van der Waals surface area contributed by atoms with Gasteiger partial charge in [0.25, 0.3) is 5.56 Å². The monoisotopic (exact) mass is 471 g/mol. The van der Waals surface area contributed by atoms with E-state index in [4.69, 9.17) is 0 Å². The molecule has 4 aromatic rings. The number of fused-ring (bicyclic) bond motifs is 1.